The normalized spacial score (nSPS) is 10.6. The third-order valence-electron chi connectivity index (χ3n) is 2.04. The number of halogens is 1. The first-order chi connectivity index (χ1) is 6.25. The maximum Gasteiger partial charge on any atom is 0.168 e. The quantitative estimate of drug-likeness (QED) is 0.652. The van der Waals surface area contributed by atoms with Crippen LogP contribution >= 0.6 is 11.6 Å². The van der Waals surface area contributed by atoms with Gasteiger partial charge in [-0.2, -0.15) is 0 Å². The Morgan fingerprint density at radius 1 is 1.62 bits per heavy atom. The van der Waals surface area contributed by atoms with Gasteiger partial charge in [0.05, 0.1) is 5.02 Å². The minimum absolute atomic E-state index is 0.468. The Balaban J connectivity index is 2.96. The molecule has 0 saturated heterocycles. The summed E-state index contributed by atoms with van der Waals surface area (Å²) in [6.07, 6.45) is 2.41. The molecule has 4 heteroatoms. The number of pyridine rings is 1. The fraction of sp³-hybridized carbons (Fsp3) is 0.111. The van der Waals surface area contributed by atoms with Gasteiger partial charge in [0.2, 0.25) is 0 Å². The summed E-state index contributed by atoms with van der Waals surface area (Å²) in [7, 11) is 1.77. The molecule has 0 aliphatic carbocycles. The molecule has 2 aromatic heterocycles. The van der Waals surface area contributed by atoms with E-state index < -0.39 is 0 Å². The summed E-state index contributed by atoms with van der Waals surface area (Å²) in [6, 6.07) is 3.64. The van der Waals surface area contributed by atoms with Crippen molar-refractivity contribution in [2.24, 2.45) is 7.05 Å². The zero-order valence-corrected chi connectivity index (χ0v) is 7.75. The fourth-order valence-corrected chi connectivity index (χ4v) is 1.68. The predicted octanol–water partition coefficient (Wildman–Crippen LogP) is 2.04. The topological polar surface area (TPSA) is 34.9 Å². The molecule has 0 bridgehead atoms. The molecule has 0 atom stereocenters. The number of hydrogen-bond acceptors (Lipinski definition) is 2. The molecule has 0 unspecified atom stereocenters. The van der Waals surface area contributed by atoms with Crippen LogP contribution in [0.25, 0.3) is 11.0 Å². The first-order valence-corrected chi connectivity index (χ1v) is 4.17. The summed E-state index contributed by atoms with van der Waals surface area (Å²) in [5, 5.41) is 1.29. The maximum atomic E-state index is 10.7. The summed E-state index contributed by atoms with van der Waals surface area (Å²) in [4.78, 5) is 14.8. The zero-order chi connectivity index (χ0) is 9.42. The molecule has 0 N–H and O–H groups in total. The van der Waals surface area contributed by atoms with Crippen molar-refractivity contribution in [3.63, 3.8) is 0 Å². The Morgan fingerprint density at radius 2 is 2.38 bits per heavy atom. The Morgan fingerprint density at radius 3 is 3.00 bits per heavy atom. The van der Waals surface area contributed by atoms with Gasteiger partial charge >= 0.3 is 0 Å². The summed E-state index contributed by atoms with van der Waals surface area (Å²) in [5.41, 5.74) is 1.20. The number of rotatable bonds is 1. The van der Waals surface area contributed by atoms with Gasteiger partial charge in [-0.15, -0.1) is 0 Å². The van der Waals surface area contributed by atoms with E-state index in [1.807, 2.05) is 6.07 Å². The Bertz CT molecular complexity index is 437. The van der Waals surface area contributed by atoms with E-state index in [1.54, 1.807) is 23.9 Å². The molecule has 0 aliphatic rings. The fourth-order valence-electron chi connectivity index (χ4n) is 1.37. The molecule has 2 aromatic rings. The van der Waals surface area contributed by atoms with E-state index in [-0.39, 0.29) is 0 Å². The Hall–Kier alpha value is -1.35. The third-order valence-corrected chi connectivity index (χ3v) is 2.44. The Labute approximate surface area is 79.9 Å². The second kappa shape index (κ2) is 2.85. The highest BCUT2D eigenvalue weighted by molar-refractivity contribution is 6.37. The molecule has 0 saturated carbocycles. The second-order valence-corrected chi connectivity index (χ2v) is 3.13. The molecule has 0 spiro atoms. The molecule has 0 aliphatic heterocycles. The molecule has 0 amide bonds. The highest BCUT2D eigenvalue weighted by Crippen LogP contribution is 2.26. The number of aryl methyl sites for hydroxylation is 1. The molecular weight excluding hydrogens is 188 g/mol. The van der Waals surface area contributed by atoms with Crippen LogP contribution in [0.4, 0.5) is 0 Å². The van der Waals surface area contributed by atoms with Crippen LogP contribution in [-0.4, -0.2) is 15.8 Å². The number of nitrogens with zero attached hydrogens (tertiary/aromatic N) is 2. The van der Waals surface area contributed by atoms with Crippen LogP contribution < -0.4 is 0 Å². The number of aromatic nitrogens is 2. The first-order valence-electron chi connectivity index (χ1n) is 3.79. The van der Waals surface area contributed by atoms with Crippen molar-refractivity contribution in [2.45, 2.75) is 0 Å². The van der Waals surface area contributed by atoms with Gasteiger partial charge < -0.3 is 4.57 Å². The monoisotopic (exact) mass is 194 g/mol. The lowest BCUT2D eigenvalue weighted by atomic mass is 10.3. The molecule has 66 valence electrons. The van der Waals surface area contributed by atoms with Gasteiger partial charge in [0.15, 0.2) is 6.29 Å². The van der Waals surface area contributed by atoms with Crippen LogP contribution in [0, 0.1) is 0 Å². The molecule has 2 rings (SSSR count). The standard InChI is InChI=1S/C9H7ClN2O/c1-12-7(5-13)8(10)6-3-2-4-11-9(6)12/h2-5H,1H3. The molecule has 13 heavy (non-hydrogen) atoms. The summed E-state index contributed by atoms with van der Waals surface area (Å²) >= 11 is 5.97. The van der Waals surface area contributed by atoms with Crippen LogP contribution in [0.15, 0.2) is 18.3 Å². The van der Waals surface area contributed by atoms with E-state index >= 15 is 0 Å². The zero-order valence-electron chi connectivity index (χ0n) is 6.99. The predicted molar refractivity (Wildman–Crippen MR) is 51.1 cm³/mol. The third kappa shape index (κ3) is 1.04. The van der Waals surface area contributed by atoms with Crippen LogP contribution in [0.5, 0.6) is 0 Å². The lowest BCUT2D eigenvalue weighted by Crippen LogP contribution is -1.94. The smallest absolute Gasteiger partial charge is 0.168 e. The molecule has 0 radical (unpaired) electrons. The van der Waals surface area contributed by atoms with Gasteiger partial charge in [0, 0.05) is 18.6 Å². The van der Waals surface area contributed by atoms with Crippen LogP contribution in [0.3, 0.4) is 0 Å². The molecule has 3 nitrogen and oxygen atoms in total. The van der Waals surface area contributed by atoms with Crippen molar-refractivity contribution in [1.82, 2.24) is 9.55 Å². The second-order valence-electron chi connectivity index (χ2n) is 2.75. The van der Waals surface area contributed by atoms with Gasteiger partial charge in [-0.1, -0.05) is 11.6 Å². The van der Waals surface area contributed by atoms with Crippen LogP contribution in [0.1, 0.15) is 10.5 Å². The van der Waals surface area contributed by atoms with Crippen LogP contribution in [0.2, 0.25) is 5.02 Å². The minimum Gasteiger partial charge on any atom is -0.325 e. The SMILES string of the molecule is Cn1c(C=O)c(Cl)c2cccnc21. The number of hydrogen-bond donors (Lipinski definition) is 0. The van der Waals surface area contributed by atoms with E-state index in [9.17, 15) is 4.79 Å². The van der Waals surface area contributed by atoms with Crippen molar-refractivity contribution in [1.29, 1.82) is 0 Å². The van der Waals surface area contributed by atoms with Crippen molar-refractivity contribution in [2.75, 3.05) is 0 Å². The maximum absolute atomic E-state index is 10.7. The highest BCUT2D eigenvalue weighted by atomic mass is 35.5. The number of aldehydes is 1. The molecule has 0 fully saturated rings. The van der Waals surface area contributed by atoms with Gasteiger partial charge in [-0.05, 0) is 12.1 Å². The van der Waals surface area contributed by atoms with E-state index in [4.69, 9.17) is 11.6 Å². The number of fused-ring (bicyclic) bond motifs is 1. The average Bonchev–Trinajstić information content (AvgIpc) is 2.41. The minimum atomic E-state index is 0.468. The molecule has 2 heterocycles. The number of carbonyl (C=O) groups excluding carboxylic acids is 1. The highest BCUT2D eigenvalue weighted by Gasteiger charge is 2.12. The van der Waals surface area contributed by atoms with Crippen LogP contribution in [-0.2, 0) is 7.05 Å². The van der Waals surface area contributed by atoms with E-state index in [0.717, 1.165) is 17.3 Å². The van der Waals surface area contributed by atoms with Crippen molar-refractivity contribution in [3.8, 4) is 0 Å². The van der Waals surface area contributed by atoms with E-state index in [1.165, 1.54) is 0 Å². The molecule has 0 aromatic carbocycles. The largest absolute Gasteiger partial charge is 0.325 e. The lowest BCUT2D eigenvalue weighted by Gasteiger charge is -1.94. The Kier molecular flexibility index (Phi) is 1.81. The van der Waals surface area contributed by atoms with Gasteiger partial charge in [-0.3, -0.25) is 4.79 Å². The number of carbonyl (C=O) groups is 1. The van der Waals surface area contributed by atoms with Crippen molar-refractivity contribution in [3.05, 3.63) is 29.0 Å². The average molecular weight is 195 g/mol. The van der Waals surface area contributed by atoms with Gasteiger partial charge in [0.25, 0.3) is 0 Å². The first kappa shape index (κ1) is 8.26. The van der Waals surface area contributed by atoms with Crippen molar-refractivity contribution >= 4 is 28.9 Å². The summed E-state index contributed by atoms with van der Waals surface area (Å²) in [6.45, 7) is 0. The van der Waals surface area contributed by atoms with E-state index in [0.29, 0.717) is 10.7 Å². The van der Waals surface area contributed by atoms with Crippen molar-refractivity contribution < 1.29 is 4.79 Å². The summed E-state index contributed by atoms with van der Waals surface area (Å²) < 4.78 is 1.69. The summed E-state index contributed by atoms with van der Waals surface area (Å²) in [5.74, 6) is 0. The van der Waals surface area contributed by atoms with Gasteiger partial charge in [-0.25, -0.2) is 4.98 Å². The molecular formula is C9H7ClN2O. The van der Waals surface area contributed by atoms with Gasteiger partial charge in [0.1, 0.15) is 11.3 Å². The van der Waals surface area contributed by atoms with E-state index in [2.05, 4.69) is 4.98 Å². The lowest BCUT2D eigenvalue weighted by molar-refractivity contribution is 0.111.